The molecule has 0 saturated heterocycles. The van der Waals surface area contributed by atoms with Gasteiger partial charge in [0.05, 0.1) is 17.0 Å². The highest BCUT2D eigenvalue weighted by molar-refractivity contribution is 6.32. The third-order valence-electron chi connectivity index (χ3n) is 3.08. The fourth-order valence-corrected chi connectivity index (χ4v) is 2.05. The zero-order valence-electron chi connectivity index (χ0n) is 11.0. The summed E-state index contributed by atoms with van der Waals surface area (Å²) in [5, 5.41) is 5.77. The minimum Gasteiger partial charge on any atom is -0.267 e. The Kier molecular flexibility index (Phi) is 3.13. The molecule has 1 aliphatic rings. The van der Waals surface area contributed by atoms with Gasteiger partial charge in [-0.2, -0.15) is 10.1 Å². The largest absolute Gasteiger partial charge is 0.280 e. The van der Waals surface area contributed by atoms with Gasteiger partial charge in [-0.15, -0.1) is 0 Å². The SMILES string of the molecule is CC1=NN(c2ccccc2)C(=O)C1=Cc1ccncc1. The van der Waals surface area contributed by atoms with E-state index in [4.69, 9.17) is 0 Å². The Morgan fingerprint density at radius 2 is 1.75 bits per heavy atom. The number of hydrazone groups is 1. The first kappa shape index (κ1) is 12.3. The molecule has 0 N–H and O–H groups in total. The summed E-state index contributed by atoms with van der Waals surface area (Å²) in [4.78, 5) is 16.4. The summed E-state index contributed by atoms with van der Waals surface area (Å²) in [6, 6.07) is 13.1. The van der Waals surface area contributed by atoms with E-state index < -0.39 is 0 Å². The zero-order chi connectivity index (χ0) is 13.9. The normalized spacial score (nSPS) is 16.6. The van der Waals surface area contributed by atoms with Gasteiger partial charge in [0.15, 0.2) is 0 Å². The van der Waals surface area contributed by atoms with E-state index in [1.807, 2.05) is 55.5 Å². The average Bonchev–Trinajstić information content (AvgIpc) is 2.77. The van der Waals surface area contributed by atoms with Gasteiger partial charge in [-0.25, -0.2) is 0 Å². The van der Waals surface area contributed by atoms with Crippen molar-refractivity contribution in [2.75, 3.05) is 5.01 Å². The molecule has 2 heterocycles. The van der Waals surface area contributed by atoms with Gasteiger partial charge in [-0.3, -0.25) is 9.78 Å². The van der Waals surface area contributed by atoms with E-state index >= 15 is 0 Å². The first-order chi connectivity index (χ1) is 9.75. The van der Waals surface area contributed by atoms with E-state index in [0.29, 0.717) is 5.57 Å². The highest BCUT2D eigenvalue weighted by atomic mass is 16.2. The standard InChI is InChI=1S/C16H13N3O/c1-12-15(11-13-7-9-17-10-8-13)16(20)19(18-12)14-5-3-2-4-6-14/h2-11H,1H3. The van der Waals surface area contributed by atoms with Crippen molar-refractivity contribution in [3.63, 3.8) is 0 Å². The molecule has 4 nitrogen and oxygen atoms in total. The van der Waals surface area contributed by atoms with Crippen LogP contribution in [0.15, 0.2) is 65.5 Å². The third-order valence-corrected chi connectivity index (χ3v) is 3.08. The Bertz CT molecular complexity index is 690. The second-order valence-corrected chi connectivity index (χ2v) is 4.48. The number of aromatic nitrogens is 1. The van der Waals surface area contributed by atoms with Crippen molar-refractivity contribution in [2.24, 2.45) is 5.10 Å². The highest BCUT2D eigenvalue weighted by Crippen LogP contribution is 2.24. The van der Waals surface area contributed by atoms with E-state index in [-0.39, 0.29) is 5.91 Å². The molecule has 3 rings (SSSR count). The molecular formula is C16H13N3O. The highest BCUT2D eigenvalue weighted by Gasteiger charge is 2.28. The fourth-order valence-electron chi connectivity index (χ4n) is 2.05. The van der Waals surface area contributed by atoms with Crippen LogP contribution in [0.2, 0.25) is 0 Å². The van der Waals surface area contributed by atoms with E-state index in [9.17, 15) is 4.79 Å². The van der Waals surface area contributed by atoms with Gasteiger partial charge in [-0.05, 0) is 42.8 Å². The van der Waals surface area contributed by atoms with Crippen LogP contribution in [0.4, 0.5) is 5.69 Å². The molecule has 2 aromatic rings. The first-order valence-electron chi connectivity index (χ1n) is 6.32. The summed E-state index contributed by atoms with van der Waals surface area (Å²) >= 11 is 0. The maximum atomic E-state index is 12.4. The predicted molar refractivity (Wildman–Crippen MR) is 79.3 cm³/mol. The van der Waals surface area contributed by atoms with Crippen molar-refractivity contribution in [2.45, 2.75) is 6.92 Å². The smallest absolute Gasteiger partial charge is 0.267 e. The van der Waals surface area contributed by atoms with Crippen LogP contribution in [0.3, 0.4) is 0 Å². The molecule has 4 heteroatoms. The number of nitrogens with zero attached hydrogens (tertiary/aromatic N) is 3. The van der Waals surface area contributed by atoms with Gasteiger partial charge in [0.2, 0.25) is 0 Å². The number of amides is 1. The van der Waals surface area contributed by atoms with Crippen LogP contribution in [0.5, 0.6) is 0 Å². The van der Waals surface area contributed by atoms with Crippen LogP contribution in [0, 0.1) is 0 Å². The molecule has 0 spiro atoms. The maximum Gasteiger partial charge on any atom is 0.280 e. The van der Waals surface area contributed by atoms with Gasteiger partial charge >= 0.3 is 0 Å². The number of hydrogen-bond donors (Lipinski definition) is 0. The lowest BCUT2D eigenvalue weighted by Crippen LogP contribution is -2.21. The minimum absolute atomic E-state index is 0.106. The van der Waals surface area contributed by atoms with Gasteiger partial charge < -0.3 is 0 Å². The van der Waals surface area contributed by atoms with Crippen molar-refractivity contribution in [1.29, 1.82) is 0 Å². The van der Waals surface area contributed by atoms with Crippen molar-refractivity contribution in [3.05, 3.63) is 66.0 Å². The van der Waals surface area contributed by atoms with Gasteiger partial charge in [0.1, 0.15) is 0 Å². The Morgan fingerprint density at radius 3 is 2.45 bits per heavy atom. The number of carbonyl (C=O) groups excluding carboxylic acids is 1. The van der Waals surface area contributed by atoms with Crippen molar-refractivity contribution >= 4 is 23.4 Å². The summed E-state index contributed by atoms with van der Waals surface area (Å²) in [7, 11) is 0. The molecule has 0 saturated carbocycles. The van der Waals surface area contributed by atoms with E-state index in [1.165, 1.54) is 5.01 Å². The lowest BCUT2D eigenvalue weighted by atomic mass is 10.1. The average molecular weight is 263 g/mol. The van der Waals surface area contributed by atoms with Crippen LogP contribution >= 0.6 is 0 Å². The number of para-hydroxylation sites is 1. The Hall–Kier alpha value is -2.75. The topological polar surface area (TPSA) is 45.6 Å². The van der Waals surface area contributed by atoms with Crippen molar-refractivity contribution in [1.82, 2.24) is 4.98 Å². The number of rotatable bonds is 2. The van der Waals surface area contributed by atoms with E-state index in [0.717, 1.165) is 17.0 Å². The molecule has 1 aromatic carbocycles. The van der Waals surface area contributed by atoms with E-state index in [1.54, 1.807) is 12.4 Å². The molecule has 0 radical (unpaired) electrons. The number of carbonyl (C=O) groups is 1. The molecule has 1 aliphatic heterocycles. The summed E-state index contributed by atoms with van der Waals surface area (Å²) in [6.45, 7) is 1.84. The summed E-state index contributed by atoms with van der Waals surface area (Å²) in [5.74, 6) is -0.106. The molecule has 20 heavy (non-hydrogen) atoms. The molecule has 0 unspecified atom stereocenters. The van der Waals surface area contributed by atoms with Crippen molar-refractivity contribution < 1.29 is 4.79 Å². The van der Waals surface area contributed by atoms with Crippen LogP contribution in [-0.4, -0.2) is 16.6 Å². The van der Waals surface area contributed by atoms with Crippen LogP contribution in [0.1, 0.15) is 12.5 Å². The quantitative estimate of drug-likeness (QED) is 0.782. The zero-order valence-corrected chi connectivity index (χ0v) is 11.0. The minimum atomic E-state index is -0.106. The first-order valence-corrected chi connectivity index (χ1v) is 6.32. The molecule has 0 fully saturated rings. The molecule has 0 aliphatic carbocycles. The van der Waals surface area contributed by atoms with Gasteiger partial charge in [0, 0.05) is 12.4 Å². The van der Waals surface area contributed by atoms with E-state index in [2.05, 4.69) is 10.1 Å². The van der Waals surface area contributed by atoms with Gasteiger partial charge in [0.25, 0.3) is 5.91 Å². The van der Waals surface area contributed by atoms with Crippen LogP contribution in [0.25, 0.3) is 6.08 Å². The summed E-state index contributed by atoms with van der Waals surface area (Å²) in [6.07, 6.45) is 5.24. The monoisotopic (exact) mass is 263 g/mol. The molecule has 1 amide bonds. The second kappa shape index (κ2) is 5.09. The molecule has 0 atom stereocenters. The lowest BCUT2D eigenvalue weighted by Gasteiger charge is -2.10. The molecule has 98 valence electrons. The number of pyridine rings is 1. The fraction of sp³-hybridized carbons (Fsp3) is 0.0625. The Morgan fingerprint density at radius 1 is 1.05 bits per heavy atom. The molecule has 0 bridgehead atoms. The molecule has 1 aromatic heterocycles. The predicted octanol–water partition coefficient (Wildman–Crippen LogP) is 2.89. The summed E-state index contributed by atoms with van der Waals surface area (Å²) < 4.78 is 0. The number of anilines is 1. The third kappa shape index (κ3) is 2.23. The second-order valence-electron chi connectivity index (χ2n) is 4.48. The van der Waals surface area contributed by atoms with Crippen molar-refractivity contribution in [3.8, 4) is 0 Å². The Balaban J connectivity index is 1.96. The van der Waals surface area contributed by atoms with Gasteiger partial charge in [-0.1, -0.05) is 18.2 Å². The number of benzene rings is 1. The Labute approximate surface area is 117 Å². The summed E-state index contributed by atoms with van der Waals surface area (Å²) in [5.41, 5.74) is 3.04. The maximum absolute atomic E-state index is 12.4. The molecular weight excluding hydrogens is 250 g/mol. The van der Waals surface area contributed by atoms with Crippen LogP contribution < -0.4 is 5.01 Å². The number of hydrogen-bond acceptors (Lipinski definition) is 3. The van der Waals surface area contributed by atoms with Crippen LogP contribution in [-0.2, 0) is 4.79 Å². The lowest BCUT2D eigenvalue weighted by molar-refractivity contribution is -0.114.